The SMILES string of the molecule is C#CCCC(F)c1cccc2c1NCC2. The molecular formula is C13H14FN. The number of halogens is 1. The average molecular weight is 203 g/mol. The van der Waals surface area contributed by atoms with Crippen molar-refractivity contribution in [2.45, 2.75) is 25.4 Å². The molecule has 15 heavy (non-hydrogen) atoms. The lowest BCUT2D eigenvalue weighted by Crippen LogP contribution is -1.98. The van der Waals surface area contributed by atoms with Gasteiger partial charge < -0.3 is 5.32 Å². The van der Waals surface area contributed by atoms with E-state index in [1.807, 2.05) is 18.2 Å². The van der Waals surface area contributed by atoms with Crippen molar-refractivity contribution in [2.75, 3.05) is 11.9 Å². The van der Waals surface area contributed by atoms with Crippen LogP contribution in [0.3, 0.4) is 0 Å². The third-order valence-electron chi connectivity index (χ3n) is 2.76. The van der Waals surface area contributed by atoms with Gasteiger partial charge in [-0.25, -0.2) is 4.39 Å². The van der Waals surface area contributed by atoms with Gasteiger partial charge in [-0.3, -0.25) is 0 Å². The van der Waals surface area contributed by atoms with Gasteiger partial charge in [-0.15, -0.1) is 12.3 Å². The molecule has 0 spiro atoms. The van der Waals surface area contributed by atoms with Gasteiger partial charge in [0.05, 0.1) is 0 Å². The maximum atomic E-state index is 13.8. The first kappa shape index (κ1) is 10.0. The predicted molar refractivity (Wildman–Crippen MR) is 60.6 cm³/mol. The Kier molecular flexibility index (Phi) is 2.91. The maximum absolute atomic E-state index is 13.8. The molecule has 0 saturated carbocycles. The molecule has 1 unspecified atom stereocenters. The van der Waals surface area contributed by atoms with Crippen LogP contribution in [-0.2, 0) is 6.42 Å². The first-order valence-corrected chi connectivity index (χ1v) is 5.26. The van der Waals surface area contributed by atoms with Crippen molar-refractivity contribution < 1.29 is 4.39 Å². The van der Waals surface area contributed by atoms with Crippen LogP contribution in [-0.4, -0.2) is 6.54 Å². The average Bonchev–Trinajstić information content (AvgIpc) is 2.73. The molecule has 1 aromatic carbocycles. The van der Waals surface area contributed by atoms with E-state index in [2.05, 4.69) is 11.2 Å². The number of para-hydroxylation sites is 1. The second-order valence-corrected chi connectivity index (χ2v) is 3.77. The highest BCUT2D eigenvalue weighted by Gasteiger charge is 2.19. The molecular weight excluding hydrogens is 189 g/mol. The lowest BCUT2D eigenvalue weighted by atomic mass is 10.0. The molecule has 2 heteroatoms. The van der Waals surface area contributed by atoms with E-state index in [0.29, 0.717) is 12.8 Å². The van der Waals surface area contributed by atoms with E-state index in [9.17, 15) is 4.39 Å². The molecule has 0 aromatic heterocycles. The molecule has 0 radical (unpaired) electrons. The van der Waals surface area contributed by atoms with Gasteiger partial charge in [0.15, 0.2) is 0 Å². The van der Waals surface area contributed by atoms with Gasteiger partial charge in [-0.1, -0.05) is 18.2 Å². The quantitative estimate of drug-likeness (QED) is 0.744. The molecule has 78 valence electrons. The van der Waals surface area contributed by atoms with Crippen LogP contribution in [0.2, 0.25) is 0 Å². The molecule has 0 bridgehead atoms. The van der Waals surface area contributed by atoms with Crippen LogP contribution in [0.4, 0.5) is 10.1 Å². The zero-order chi connectivity index (χ0) is 10.7. The minimum atomic E-state index is -0.943. The number of hydrogen-bond acceptors (Lipinski definition) is 1. The highest BCUT2D eigenvalue weighted by Crippen LogP contribution is 2.34. The Balaban J connectivity index is 2.21. The van der Waals surface area contributed by atoms with E-state index in [0.717, 1.165) is 24.2 Å². The zero-order valence-corrected chi connectivity index (χ0v) is 8.59. The van der Waals surface area contributed by atoms with Crippen LogP contribution in [0, 0.1) is 12.3 Å². The Morgan fingerprint density at radius 3 is 3.20 bits per heavy atom. The van der Waals surface area contributed by atoms with Crippen LogP contribution in [0.1, 0.15) is 30.1 Å². The molecule has 0 amide bonds. The second-order valence-electron chi connectivity index (χ2n) is 3.77. The van der Waals surface area contributed by atoms with Crippen LogP contribution >= 0.6 is 0 Å². The minimum Gasteiger partial charge on any atom is -0.384 e. The van der Waals surface area contributed by atoms with Crippen molar-refractivity contribution in [1.29, 1.82) is 0 Å². The lowest BCUT2D eigenvalue weighted by Gasteiger charge is -2.12. The van der Waals surface area contributed by atoms with E-state index < -0.39 is 6.17 Å². The van der Waals surface area contributed by atoms with Gasteiger partial charge in [0.2, 0.25) is 0 Å². The van der Waals surface area contributed by atoms with Crippen molar-refractivity contribution in [3.63, 3.8) is 0 Å². The van der Waals surface area contributed by atoms with Crippen molar-refractivity contribution in [3.05, 3.63) is 29.3 Å². The first-order chi connectivity index (χ1) is 7.33. The maximum Gasteiger partial charge on any atom is 0.128 e. The molecule has 1 heterocycles. The largest absolute Gasteiger partial charge is 0.384 e. The lowest BCUT2D eigenvalue weighted by molar-refractivity contribution is 0.328. The Hall–Kier alpha value is -1.49. The van der Waals surface area contributed by atoms with E-state index in [-0.39, 0.29) is 0 Å². The number of nitrogens with one attached hydrogen (secondary N) is 1. The summed E-state index contributed by atoms with van der Waals surface area (Å²) in [5.41, 5.74) is 2.97. The summed E-state index contributed by atoms with van der Waals surface area (Å²) in [5, 5.41) is 3.23. The molecule has 0 fully saturated rings. The highest BCUT2D eigenvalue weighted by atomic mass is 19.1. The number of benzene rings is 1. The smallest absolute Gasteiger partial charge is 0.128 e. The van der Waals surface area contributed by atoms with Gasteiger partial charge in [0.1, 0.15) is 6.17 Å². The standard InChI is InChI=1S/C13H14FN/c1-2-3-7-12(14)11-6-4-5-10-8-9-15-13(10)11/h1,4-6,12,15H,3,7-9H2. The molecule has 1 N–H and O–H groups in total. The summed E-state index contributed by atoms with van der Waals surface area (Å²) in [4.78, 5) is 0. The van der Waals surface area contributed by atoms with Gasteiger partial charge >= 0.3 is 0 Å². The highest BCUT2D eigenvalue weighted by molar-refractivity contribution is 5.61. The van der Waals surface area contributed by atoms with Gasteiger partial charge in [0.25, 0.3) is 0 Å². The Bertz CT molecular complexity index is 392. The van der Waals surface area contributed by atoms with Crippen molar-refractivity contribution >= 4 is 5.69 Å². The normalized spacial score (nSPS) is 15.2. The van der Waals surface area contributed by atoms with Crippen molar-refractivity contribution in [3.8, 4) is 12.3 Å². The number of anilines is 1. The van der Waals surface area contributed by atoms with Crippen LogP contribution in [0.15, 0.2) is 18.2 Å². The molecule has 1 nitrogen and oxygen atoms in total. The number of fused-ring (bicyclic) bond motifs is 1. The molecule has 0 saturated heterocycles. The van der Waals surface area contributed by atoms with Gasteiger partial charge in [-0.05, 0) is 18.4 Å². The fourth-order valence-electron chi connectivity index (χ4n) is 1.99. The topological polar surface area (TPSA) is 12.0 Å². The molecule has 1 aromatic rings. The van der Waals surface area contributed by atoms with Crippen LogP contribution in [0.5, 0.6) is 0 Å². The van der Waals surface area contributed by atoms with E-state index in [1.54, 1.807) is 0 Å². The van der Waals surface area contributed by atoms with E-state index in [1.165, 1.54) is 5.56 Å². The third-order valence-corrected chi connectivity index (χ3v) is 2.76. The summed E-state index contributed by atoms with van der Waals surface area (Å²) in [6.45, 7) is 0.911. The first-order valence-electron chi connectivity index (χ1n) is 5.26. The zero-order valence-electron chi connectivity index (χ0n) is 8.59. The van der Waals surface area contributed by atoms with Gasteiger partial charge in [-0.2, -0.15) is 0 Å². The Morgan fingerprint density at radius 2 is 2.40 bits per heavy atom. The van der Waals surface area contributed by atoms with Crippen molar-refractivity contribution in [2.24, 2.45) is 0 Å². The summed E-state index contributed by atoms with van der Waals surface area (Å²) in [6.07, 6.45) is 6.09. The van der Waals surface area contributed by atoms with Crippen LogP contribution in [0.25, 0.3) is 0 Å². The predicted octanol–water partition coefficient (Wildman–Crippen LogP) is 3.08. The second kappa shape index (κ2) is 4.35. The molecule has 1 atom stereocenters. The summed E-state index contributed by atoms with van der Waals surface area (Å²) in [5.74, 6) is 2.48. The minimum absolute atomic E-state index is 0.411. The van der Waals surface area contributed by atoms with Crippen molar-refractivity contribution in [1.82, 2.24) is 0 Å². The summed E-state index contributed by atoms with van der Waals surface area (Å²) >= 11 is 0. The molecule has 1 aliphatic heterocycles. The molecule has 2 rings (SSSR count). The Morgan fingerprint density at radius 1 is 1.53 bits per heavy atom. The van der Waals surface area contributed by atoms with Crippen LogP contribution < -0.4 is 5.32 Å². The van der Waals surface area contributed by atoms with E-state index >= 15 is 0 Å². The molecule has 1 aliphatic rings. The number of alkyl halides is 1. The Labute approximate surface area is 89.7 Å². The van der Waals surface area contributed by atoms with E-state index in [4.69, 9.17) is 6.42 Å². The monoisotopic (exact) mass is 203 g/mol. The summed E-state index contributed by atoms with van der Waals surface area (Å²) < 4.78 is 13.8. The third kappa shape index (κ3) is 1.97. The molecule has 0 aliphatic carbocycles. The fraction of sp³-hybridized carbons (Fsp3) is 0.385. The number of terminal acetylenes is 1. The summed E-state index contributed by atoms with van der Waals surface area (Å²) in [6, 6.07) is 5.81. The summed E-state index contributed by atoms with van der Waals surface area (Å²) in [7, 11) is 0. The van der Waals surface area contributed by atoms with Gasteiger partial charge in [0, 0.05) is 24.2 Å². The number of hydrogen-bond donors (Lipinski definition) is 1. The number of rotatable bonds is 3. The fourth-order valence-corrected chi connectivity index (χ4v) is 1.99.